The lowest BCUT2D eigenvalue weighted by atomic mass is 9.99. The topological polar surface area (TPSA) is 80.2 Å². The molecule has 1 fully saturated rings. The van der Waals surface area contributed by atoms with Gasteiger partial charge in [0, 0.05) is 36.5 Å². The predicted molar refractivity (Wildman–Crippen MR) is 103 cm³/mol. The zero-order chi connectivity index (χ0) is 18.6. The number of hydrogen-bond donors (Lipinski definition) is 1. The molecule has 0 spiro atoms. The first-order chi connectivity index (χ1) is 13.2. The zero-order valence-electron chi connectivity index (χ0n) is 15.6. The number of pyridine rings is 1. The van der Waals surface area contributed by atoms with E-state index < -0.39 is 0 Å². The summed E-state index contributed by atoms with van der Waals surface area (Å²) in [4.78, 5) is 20.3. The van der Waals surface area contributed by atoms with Crippen molar-refractivity contribution in [3.63, 3.8) is 0 Å². The van der Waals surface area contributed by atoms with E-state index in [1.807, 2.05) is 6.07 Å². The molecule has 0 unspecified atom stereocenters. The molecule has 0 bridgehead atoms. The summed E-state index contributed by atoms with van der Waals surface area (Å²) >= 11 is 0. The van der Waals surface area contributed by atoms with E-state index in [1.54, 1.807) is 18.3 Å². The van der Waals surface area contributed by atoms with Gasteiger partial charge in [-0.25, -0.2) is 4.98 Å². The molecular formula is C20H25N5O2. The average Bonchev–Trinajstić information content (AvgIpc) is 2.94. The first-order valence-electron chi connectivity index (χ1n) is 9.68. The van der Waals surface area contributed by atoms with Gasteiger partial charge in [0.15, 0.2) is 5.82 Å². The van der Waals surface area contributed by atoms with Crippen molar-refractivity contribution in [1.82, 2.24) is 15.2 Å². The van der Waals surface area contributed by atoms with Gasteiger partial charge in [-0.15, -0.1) is 5.10 Å². The van der Waals surface area contributed by atoms with E-state index in [0.29, 0.717) is 37.1 Å². The average molecular weight is 367 g/mol. The second kappa shape index (κ2) is 8.00. The highest BCUT2D eigenvalue weighted by Crippen LogP contribution is 2.28. The van der Waals surface area contributed by atoms with Gasteiger partial charge in [0.25, 0.3) is 5.91 Å². The Morgan fingerprint density at radius 1 is 1.30 bits per heavy atom. The SMILES string of the molecule is C[C@H]1CCCCN1c1cc(C(=O)Nc2cccnn2)c2c(n1)CCOCC2. The van der Waals surface area contributed by atoms with E-state index in [-0.39, 0.29) is 5.91 Å². The summed E-state index contributed by atoms with van der Waals surface area (Å²) in [6.45, 7) is 4.47. The van der Waals surface area contributed by atoms with Crippen LogP contribution in [0.15, 0.2) is 24.4 Å². The monoisotopic (exact) mass is 367 g/mol. The van der Waals surface area contributed by atoms with Crippen molar-refractivity contribution in [3.05, 3.63) is 41.2 Å². The van der Waals surface area contributed by atoms with Gasteiger partial charge in [-0.05, 0) is 56.4 Å². The standard InChI is InChI=1S/C20H25N5O2/c1-14-5-2-3-10-25(14)19-13-16(15-7-11-27-12-8-17(15)22-19)20(26)23-18-6-4-9-21-24-18/h4,6,9,13-14H,2-3,5,7-8,10-12H2,1H3,(H,23,24,26)/t14-/m0/s1. The fourth-order valence-corrected chi connectivity index (χ4v) is 3.88. The van der Waals surface area contributed by atoms with Crippen molar-refractivity contribution in [2.24, 2.45) is 0 Å². The molecule has 1 amide bonds. The molecule has 0 aliphatic carbocycles. The molecule has 4 rings (SSSR count). The van der Waals surface area contributed by atoms with E-state index in [0.717, 1.165) is 42.9 Å². The first kappa shape index (κ1) is 17.9. The number of aromatic nitrogens is 3. The molecule has 2 aliphatic rings. The van der Waals surface area contributed by atoms with Crippen LogP contribution in [-0.4, -0.2) is 46.9 Å². The van der Waals surface area contributed by atoms with E-state index in [4.69, 9.17) is 9.72 Å². The van der Waals surface area contributed by atoms with Crippen LogP contribution in [0.3, 0.4) is 0 Å². The van der Waals surface area contributed by atoms with Crippen molar-refractivity contribution in [2.45, 2.75) is 45.1 Å². The fourth-order valence-electron chi connectivity index (χ4n) is 3.88. The Bertz CT molecular complexity index is 812. The molecule has 1 saturated heterocycles. The predicted octanol–water partition coefficient (Wildman–Crippen LogP) is 2.62. The molecule has 2 aromatic rings. The van der Waals surface area contributed by atoms with Gasteiger partial charge in [0.1, 0.15) is 5.82 Å². The smallest absolute Gasteiger partial charge is 0.257 e. The lowest BCUT2D eigenvalue weighted by Crippen LogP contribution is -2.38. The number of ether oxygens (including phenoxy) is 1. The Morgan fingerprint density at radius 2 is 2.19 bits per heavy atom. The second-order valence-corrected chi connectivity index (χ2v) is 7.17. The van der Waals surface area contributed by atoms with E-state index >= 15 is 0 Å². The number of rotatable bonds is 3. The van der Waals surface area contributed by atoms with Gasteiger partial charge in [0.2, 0.25) is 0 Å². The summed E-state index contributed by atoms with van der Waals surface area (Å²) in [6, 6.07) is 5.87. The normalized spacial score (nSPS) is 19.9. The third-order valence-corrected chi connectivity index (χ3v) is 5.33. The fraction of sp³-hybridized carbons (Fsp3) is 0.500. The molecule has 0 saturated carbocycles. The van der Waals surface area contributed by atoms with Gasteiger partial charge in [0.05, 0.1) is 13.2 Å². The van der Waals surface area contributed by atoms with Crippen molar-refractivity contribution in [2.75, 3.05) is 30.0 Å². The number of piperidine rings is 1. The molecule has 4 heterocycles. The third kappa shape index (κ3) is 3.93. The van der Waals surface area contributed by atoms with Crippen LogP contribution in [0, 0.1) is 0 Å². The molecule has 1 atom stereocenters. The minimum Gasteiger partial charge on any atom is -0.381 e. The van der Waals surface area contributed by atoms with Crippen molar-refractivity contribution < 1.29 is 9.53 Å². The van der Waals surface area contributed by atoms with Crippen LogP contribution >= 0.6 is 0 Å². The maximum Gasteiger partial charge on any atom is 0.257 e. The Labute approximate surface area is 159 Å². The summed E-state index contributed by atoms with van der Waals surface area (Å²) in [7, 11) is 0. The van der Waals surface area contributed by atoms with Crippen LogP contribution in [0.4, 0.5) is 11.6 Å². The van der Waals surface area contributed by atoms with E-state index in [1.165, 1.54) is 6.42 Å². The van der Waals surface area contributed by atoms with Gasteiger partial charge in [-0.2, -0.15) is 5.10 Å². The maximum atomic E-state index is 13.0. The van der Waals surface area contributed by atoms with Crippen LogP contribution in [0.5, 0.6) is 0 Å². The molecule has 7 nitrogen and oxygen atoms in total. The molecule has 27 heavy (non-hydrogen) atoms. The highest BCUT2D eigenvalue weighted by atomic mass is 16.5. The molecule has 2 aliphatic heterocycles. The minimum absolute atomic E-state index is 0.165. The summed E-state index contributed by atoms with van der Waals surface area (Å²) in [5.41, 5.74) is 2.64. The summed E-state index contributed by atoms with van der Waals surface area (Å²) in [5, 5.41) is 10.7. The summed E-state index contributed by atoms with van der Waals surface area (Å²) in [5.74, 6) is 1.18. The number of nitrogens with one attached hydrogen (secondary N) is 1. The Morgan fingerprint density at radius 3 is 3.00 bits per heavy atom. The number of fused-ring (bicyclic) bond motifs is 1. The number of carbonyl (C=O) groups is 1. The van der Waals surface area contributed by atoms with Crippen molar-refractivity contribution in [1.29, 1.82) is 0 Å². The van der Waals surface area contributed by atoms with Crippen LogP contribution < -0.4 is 10.2 Å². The zero-order valence-corrected chi connectivity index (χ0v) is 15.6. The third-order valence-electron chi connectivity index (χ3n) is 5.33. The molecule has 2 aromatic heterocycles. The Balaban J connectivity index is 1.71. The van der Waals surface area contributed by atoms with Gasteiger partial charge < -0.3 is 15.0 Å². The molecule has 142 valence electrons. The van der Waals surface area contributed by atoms with Crippen LogP contribution in [0.2, 0.25) is 0 Å². The molecular weight excluding hydrogens is 342 g/mol. The van der Waals surface area contributed by atoms with Gasteiger partial charge in [-0.1, -0.05) is 0 Å². The van der Waals surface area contributed by atoms with Crippen molar-refractivity contribution in [3.8, 4) is 0 Å². The quantitative estimate of drug-likeness (QED) is 0.898. The van der Waals surface area contributed by atoms with Crippen LogP contribution in [-0.2, 0) is 17.6 Å². The number of hydrogen-bond acceptors (Lipinski definition) is 6. The minimum atomic E-state index is -0.165. The van der Waals surface area contributed by atoms with E-state index in [9.17, 15) is 4.79 Å². The number of anilines is 2. The molecule has 1 N–H and O–H groups in total. The molecule has 7 heteroatoms. The number of carbonyl (C=O) groups excluding carboxylic acids is 1. The Kier molecular flexibility index (Phi) is 5.29. The van der Waals surface area contributed by atoms with Crippen molar-refractivity contribution >= 4 is 17.5 Å². The first-order valence-corrected chi connectivity index (χ1v) is 9.68. The summed E-state index contributed by atoms with van der Waals surface area (Å²) < 4.78 is 5.63. The highest BCUT2D eigenvalue weighted by Gasteiger charge is 2.25. The molecule has 0 aromatic carbocycles. The van der Waals surface area contributed by atoms with E-state index in [2.05, 4.69) is 27.3 Å². The molecule has 0 radical (unpaired) electrons. The lowest BCUT2D eigenvalue weighted by molar-refractivity contribution is 0.102. The van der Waals surface area contributed by atoms with Crippen LogP contribution in [0.1, 0.15) is 47.8 Å². The maximum absolute atomic E-state index is 13.0. The highest BCUT2D eigenvalue weighted by molar-refractivity contribution is 6.05. The van der Waals surface area contributed by atoms with Crippen LogP contribution in [0.25, 0.3) is 0 Å². The van der Waals surface area contributed by atoms with Gasteiger partial charge >= 0.3 is 0 Å². The second-order valence-electron chi connectivity index (χ2n) is 7.17. The summed E-state index contributed by atoms with van der Waals surface area (Å²) in [6.07, 6.45) is 6.58. The van der Waals surface area contributed by atoms with Gasteiger partial charge in [-0.3, -0.25) is 4.79 Å². The number of amides is 1. The largest absolute Gasteiger partial charge is 0.381 e. The number of nitrogens with zero attached hydrogens (tertiary/aromatic N) is 4. The lowest BCUT2D eigenvalue weighted by Gasteiger charge is -2.35. The Hall–Kier alpha value is -2.54.